The number of ether oxygens (including phenoxy) is 3. The minimum atomic E-state index is -1.58. The van der Waals surface area contributed by atoms with Gasteiger partial charge in [0.1, 0.15) is 18.4 Å². The van der Waals surface area contributed by atoms with Gasteiger partial charge >= 0.3 is 12.1 Å². The number of phenolic OH excluding ortho intramolecular Hbond substituents is 1. The number of amides is 6. The number of urea groups is 1. The number of carbonyl (C=O) groups is 5. The Morgan fingerprint density at radius 2 is 1.72 bits per heavy atom. The average molecular weight is 785 g/mol. The molecule has 7 N–H and O–H groups in total. The van der Waals surface area contributed by atoms with Gasteiger partial charge in [0.2, 0.25) is 11.8 Å². The van der Waals surface area contributed by atoms with E-state index < -0.39 is 48.2 Å². The molecule has 4 atom stereocenters. The van der Waals surface area contributed by atoms with Crippen LogP contribution in [0.1, 0.15) is 54.6 Å². The van der Waals surface area contributed by atoms with E-state index in [1.165, 1.54) is 30.2 Å². The Morgan fingerprint density at radius 3 is 2.33 bits per heavy atom. The van der Waals surface area contributed by atoms with Gasteiger partial charge in [-0.15, -0.1) is 6.58 Å². The van der Waals surface area contributed by atoms with E-state index in [0.717, 1.165) is 16.0 Å². The van der Waals surface area contributed by atoms with E-state index in [9.17, 15) is 34.2 Å². The van der Waals surface area contributed by atoms with Crippen molar-refractivity contribution >= 4 is 46.8 Å². The van der Waals surface area contributed by atoms with Crippen LogP contribution in [0.3, 0.4) is 0 Å². The third-order valence-corrected chi connectivity index (χ3v) is 9.83. The van der Waals surface area contributed by atoms with E-state index in [-0.39, 0.29) is 60.6 Å². The number of benzene rings is 3. The topological polar surface area (TPSA) is 222 Å². The highest BCUT2D eigenvalue weighted by atomic mass is 16.6. The maximum Gasteiger partial charge on any atom is 0.416 e. The second-order valence-electron chi connectivity index (χ2n) is 13.9. The highest BCUT2D eigenvalue weighted by molar-refractivity contribution is 6.07. The molecule has 6 amide bonds. The fraction of sp³-hybridized carbons (Fsp3) is 0.341. The Kier molecular flexibility index (Phi) is 13.4. The van der Waals surface area contributed by atoms with Crippen LogP contribution in [-0.4, -0.2) is 84.0 Å². The monoisotopic (exact) mass is 784 g/mol. The molecule has 0 saturated heterocycles. The fourth-order valence-electron chi connectivity index (χ4n) is 6.71. The maximum absolute atomic E-state index is 14.0. The first-order chi connectivity index (χ1) is 27.3. The Balaban J connectivity index is 1.30. The zero-order chi connectivity index (χ0) is 41.4. The van der Waals surface area contributed by atoms with E-state index in [2.05, 4.69) is 22.5 Å². The van der Waals surface area contributed by atoms with Gasteiger partial charge in [-0.05, 0) is 72.2 Å². The number of fused-ring (bicyclic) bond motifs is 2. The number of rotatable bonds is 15. The van der Waals surface area contributed by atoms with E-state index in [1.807, 2.05) is 26.0 Å². The van der Waals surface area contributed by atoms with Crippen molar-refractivity contribution in [3.8, 4) is 17.2 Å². The van der Waals surface area contributed by atoms with Crippen molar-refractivity contribution in [2.24, 2.45) is 17.6 Å². The van der Waals surface area contributed by atoms with Crippen LogP contribution in [0, 0.1) is 11.8 Å². The summed E-state index contributed by atoms with van der Waals surface area (Å²) in [6, 6.07) is 13.6. The molecule has 0 radical (unpaired) electrons. The second-order valence-corrected chi connectivity index (χ2v) is 13.9. The van der Waals surface area contributed by atoms with Crippen LogP contribution in [0.25, 0.3) is 5.57 Å². The van der Waals surface area contributed by atoms with Crippen LogP contribution in [0.15, 0.2) is 79.5 Å². The molecule has 0 fully saturated rings. The number of carbonyl (C=O) groups excluding carboxylic acids is 5. The van der Waals surface area contributed by atoms with E-state index in [4.69, 9.17) is 19.9 Å². The molecule has 0 bridgehead atoms. The number of aliphatic hydroxyl groups excluding tert-OH is 1. The standard InChI is InChI=1S/C41H48N6O10/c1-6-29(23(2)3)36(49)45-31(8-7-17-43-40(42)53)37(50)44-27-13-9-24(10-14-27)22-57-41(54)47-32-20-34(48)35(56-5)19-30(32)38(51)46-21-26(18-33(46)39(47)52)25-11-15-28(55-4)16-12-25/h6,9-16,19-21,23,29,31,33,39,48,52H,1,7-8,17-18,22H2,2-5H3,(H,44,50)(H,45,49)(H3,42,43,53)/t29-,31?,33?,39-/m0/s1. The number of anilines is 2. The van der Waals surface area contributed by atoms with Gasteiger partial charge in [0.15, 0.2) is 17.7 Å². The minimum Gasteiger partial charge on any atom is -0.504 e. The van der Waals surface area contributed by atoms with Crippen molar-refractivity contribution in [2.75, 3.05) is 31.0 Å². The summed E-state index contributed by atoms with van der Waals surface area (Å²) < 4.78 is 16.2. The molecule has 2 heterocycles. The first-order valence-corrected chi connectivity index (χ1v) is 18.3. The summed E-state index contributed by atoms with van der Waals surface area (Å²) in [5, 5.41) is 30.5. The fourth-order valence-corrected chi connectivity index (χ4v) is 6.71. The first kappa shape index (κ1) is 41.6. The minimum absolute atomic E-state index is 0.000553. The highest BCUT2D eigenvalue weighted by Crippen LogP contribution is 2.43. The molecule has 0 aliphatic carbocycles. The summed E-state index contributed by atoms with van der Waals surface area (Å²) >= 11 is 0. The number of nitrogens with one attached hydrogen (secondary N) is 3. The molecular weight excluding hydrogens is 736 g/mol. The molecule has 2 unspecified atom stereocenters. The zero-order valence-corrected chi connectivity index (χ0v) is 32.2. The Morgan fingerprint density at radius 1 is 1.02 bits per heavy atom. The van der Waals surface area contributed by atoms with Crippen LogP contribution in [0.5, 0.6) is 17.2 Å². The zero-order valence-electron chi connectivity index (χ0n) is 32.2. The number of phenols is 1. The molecule has 2 aliphatic heterocycles. The molecule has 2 aliphatic rings. The summed E-state index contributed by atoms with van der Waals surface area (Å²) in [6.45, 7) is 7.43. The molecule has 302 valence electrons. The van der Waals surface area contributed by atoms with Gasteiger partial charge in [-0.2, -0.15) is 0 Å². The van der Waals surface area contributed by atoms with Crippen molar-refractivity contribution in [1.29, 1.82) is 0 Å². The summed E-state index contributed by atoms with van der Waals surface area (Å²) in [7, 11) is 2.89. The van der Waals surface area contributed by atoms with Gasteiger partial charge in [0.25, 0.3) is 5.91 Å². The highest BCUT2D eigenvalue weighted by Gasteiger charge is 2.45. The third kappa shape index (κ3) is 9.64. The lowest BCUT2D eigenvalue weighted by molar-refractivity contribution is -0.129. The summed E-state index contributed by atoms with van der Waals surface area (Å²) in [6.07, 6.45) is 1.38. The number of methoxy groups -OCH3 is 2. The molecule has 0 aromatic heterocycles. The number of hydrogen-bond donors (Lipinski definition) is 6. The van der Waals surface area contributed by atoms with Crippen molar-refractivity contribution in [1.82, 2.24) is 15.5 Å². The molecule has 5 rings (SSSR count). The molecule has 57 heavy (non-hydrogen) atoms. The van der Waals surface area contributed by atoms with E-state index in [0.29, 0.717) is 23.4 Å². The van der Waals surface area contributed by atoms with Crippen LogP contribution in [0.4, 0.5) is 21.0 Å². The van der Waals surface area contributed by atoms with Gasteiger partial charge in [-0.3, -0.25) is 14.4 Å². The summed E-state index contributed by atoms with van der Waals surface area (Å²) in [5.74, 6) is -1.63. The lowest BCUT2D eigenvalue weighted by Gasteiger charge is -2.31. The number of nitrogens with zero attached hydrogens (tertiary/aromatic N) is 2. The number of primary amides is 1. The number of hydrogen-bond acceptors (Lipinski definition) is 10. The Labute approximate surface area is 330 Å². The quantitative estimate of drug-likeness (QED) is 0.0938. The van der Waals surface area contributed by atoms with Gasteiger partial charge in [0, 0.05) is 24.5 Å². The van der Waals surface area contributed by atoms with Crippen molar-refractivity contribution < 1.29 is 48.4 Å². The molecule has 3 aromatic rings. The van der Waals surface area contributed by atoms with Crippen molar-refractivity contribution in [2.45, 2.75) is 58.0 Å². The predicted molar refractivity (Wildman–Crippen MR) is 211 cm³/mol. The SMILES string of the molecule is C=C[C@H](C(=O)NC(CCCNC(N)=O)C(=O)Nc1ccc(COC(=O)N2c3cc(O)c(OC)cc3C(=O)N3C=C(c4ccc(OC)cc4)CC3[C@@H]2O)cc1)C(C)C. The molecule has 16 heteroatoms. The largest absolute Gasteiger partial charge is 0.504 e. The lowest BCUT2D eigenvalue weighted by Crippen LogP contribution is -2.50. The molecular formula is C41H48N6O10. The van der Waals surface area contributed by atoms with Crippen LogP contribution in [-0.2, 0) is 20.9 Å². The maximum atomic E-state index is 14.0. The second kappa shape index (κ2) is 18.4. The van der Waals surface area contributed by atoms with Crippen molar-refractivity contribution in [3.63, 3.8) is 0 Å². The van der Waals surface area contributed by atoms with Crippen LogP contribution in [0.2, 0.25) is 0 Å². The normalized spacial score (nSPS) is 16.9. The van der Waals surface area contributed by atoms with E-state index in [1.54, 1.807) is 49.7 Å². The van der Waals surface area contributed by atoms with Crippen LogP contribution >= 0.6 is 0 Å². The Bertz CT molecular complexity index is 2020. The molecule has 0 spiro atoms. The van der Waals surface area contributed by atoms with Gasteiger partial charge in [-0.25, -0.2) is 14.5 Å². The first-order valence-electron chi connectivity index (χ1n) is 18.3. The summed E-state index contributed by atoms with van der Waals surface area (Å²) in [5.41, 5.74) is 7.55. The molecule has 3 aromatic carbocycles. The predicted octanol–water partition coefficient (Wildman–Crippen LogP) is 4.47. The van der Waals surface area contributed by atoms with E-state index >= 15 is 0 Å². The van der Waals surface area contributed by atoms with Crippen molar-refractivity contribution in [3.05, 3.63) is 96.2 Å². The van der Waals surface area contributed by atoms with Crippen LogP contribution < -0.4 is 36.1 Å². The number of aliphatic hydroxyl groups is 1. The van der Waals surface area contributed by atoms with Gasteiger partial charge in [0.05, 0.1) is 37.4 Å². The number of nitrogens with two attached hydrogens (primary N) is 1. The Hall–Kier alpha value is -6.55. The molecule has 16 nitrogen and oxygen atoms in total. The third-order valence-electron chi connectivity index (χ3n) is 9.83. The van der Waals surface area contributed by atoms with Gasteiger partial charge < -0.3 is 51.0 Å². The summed E-state index contributed by atoms with van der Waals surface area (Å²) in [4.78, 5) is 67.6. The smallest absolute Gasteiger partial charge is 0.416 e. The lowest BCUT2D eigenvalue weighted by atomic mass is 9.94. The van der Waals surface area contributed by atoms with Gasteiger partial charge in [-0.1, -0.05) is 44.2 Å². The molecule has 0 saturated carbocycles. The average Bonchev–Trinajstić information content (AvgIpc) is 3.62. The number of aromatic hydroxyl groups is 1.